The number of anilines is 1. The fraction of sp³-hybridized carbons (Fsp3) is 0.182. The van der Waals surface area contributed by atoms with Crippen LogP contribution in [-0.2, 0) is 6.42 Å². The van der Waals surface area contributed by atoms with E-state index in [9.17, 15) is 0 Å². The Morgan fingerprint density at radius 3 is 2.79 bits per heavy atom. The molecule has 0 aliphatic carbocycles. The molecule has 140 valence electrons. The van der Waals surface area contributed by atoms with Gasteiger partial charge in [-0.3, -0.25) is 0 Å². The number of benzene rings is 2. The number of rotatable bonds is 5. The Labute approximate surface area is 167 Å². The molecule has 0 fully saturated rings. The third-order valence-electron chi connectivity index (χ3n) is 4.88. The van der Waals surface area contributed by atoms with E-state index >= 15 is 0 Å². The fourth-order valence-corrected chi connectivity index (χ4v) is 4.29. The average molecular weight is 389 g/mol. The molecule has 5 nitrogen and oxygen atoms in total. The molecule has 2 aromatic carbocycles. The third kappa shape index (κ3) is 3.16. The second-order valence-corrected chi connectivity index (χ2v) is 7.64. The van der Waals surface area contributed by atoms with Gasteiger partial charge in [-0.15, -0.1) is 11.3 Å². The minimum atomic E-state index is 0.301. The number of nitrogens with one attached hydrogen (secondary N) is 1. The van der Waals surface area contributed by atoms with Crippen LogP contribution in [0.15, 0.2) is 54.2 Å². The van der Waals surface area contributed by atoms with Crippen LogP contribution in [0.3, 0.4) is 0 Å². The first-order chi connectivity index (χ1) is 13.8. The predicted octanol–water partition coefficient (Wildman–Crippen LogP) is 5.05. The monoisotopic (exact) mass is 389 g/mol. The predicted molar refractivity (Wildman–Crippen MR) is 112 cm³/mol. The van der Waals surface area contributed by atoms with Gasteiger partial charge in [-0.25, -0.2) is 9.97 Å². The summed E-state index contributed by atoms with van der Waals surface area (Å²) >= 11 is 1.65. The maximum absolute atomic E-state index is 5.46. The van der Waals surface area contributed by atoms with Crippen LogP contribution in [0.5, 0.6) is 11.5 Å². The summed E-state index contributed by atoms with van der Waals surface area (Å²) in [7, 11) is 0. The van der Waals surface area contributed by atoms with Crippen LogP contribution in [-0.4, -0.2) is 23.3 Å². The highest BCUT2D eigenvalue weighted by molar-refractivity contribution is 7.17. The van der Waals surface area contributed by atoms with Gasteiger partial charge in [0.25, 0.3) is 0 Å². The molecule has 4 aromatic rings. The van der Waals surface area contributed by atoms with E-state index in [1.807, 2.05) is 12.1 Å². The summed E-state index contributed by atoms with van der Waals surface area (Å²) in [5.41, 5.74) is 4.81. The zero-order chi connectivity index (χ0) is 18.9. The second kappa shape index (κ2) is 7.13. The number of hydrogen-bond donors (Lipinski definition) is 1. The van der Waals surface area contributed by atoms with Crippen LogP contribution < -0.4 is 14.8 Å². The topological polar surface area (TPSA) is 56.3 Å². The first-order valence-corrected chi connectivity index (χ1v) is 10.1. The van der Waals surface area contributed by atoms with Crippen molar-refractivity contribution in [3.8, 4) is 22.6 Å². The van der Waals surface area contributed by atoms with Crippen molar-refractivity contribution in [2.24, 2.45) is 0 Å². The summed E-state index contributed by atoms with van der Waals surface area (Å²) in [6.45, 7) is 3.17. The standard InChI is InChI=1S/C22H19N3O2S/c1-14-2-5-16(6-3-14)17-11-28-22-20(17)21(24-12-25-22)23-9-8-15-4-7-18-19(10-15)27-13-26-18/h2-7,10-12H,8-9,13H2,1H3,(H,23,24,25). The first kappa shape index (κ1) is 17.0. The number of fused-ring (bicyclic) bond motifs is 2. The van der Waals surface area contributed by atoms with Crippen molar-refractivity contribution < 1.29 is 9.47 Å². The molecule has 0 radical (unpaired) electrons. The smallest absolute Gasteiger partial charge is 0.231 e. The molecule has 0 amide bonds. The van der Waals surface area contributed by atoms with Gasteiger partial charge in [-0.2, -0.15) is 0 Å². The van der Waals surface area contributed by atoms with E-state index in [4.69, 9.17) is 9.47 Å². The molecule has 6 heteroatoms. The van der Waals surface area contributed by atoms with Gasteiger partial charge in [0.2, 0.25) is 6.79 Å². The molecule has 0 bridgehead atoms. The zero-order valence-corrected chi connectivity index (χ0v) is 16.3. The lowest BCUT2D eigenvalue weighted by Crippen LogP contribution is -2.07. The van der Waals surface area contributed by atoms with Gasteiger partial charge in [0.1, 0.15) is 17.0 Å². The van der Waals surface area contributed by atoms with E-state index in [0.29, 0.717) is 6.79 Å². The average Bonchev–Trinajstić information content (AvgIpc) is 3.35. The number of ether oxygens (including phenoxy) is 2. The molecular formula is C22H19N3O2S. The second-order valence-electron chi connectivity index (χ2n) is 6.78. The summed E-state index contributed by atoms with van der Waals surface area (Å²) in [6.07, 6.45) is 2.49. The molecular weight excluding hydrogens is 370 g/mol. The number of aryl methyl sites for hydroxylation is 1. The van der Waals surface area contributed by atoms with E-state index in [-0.39, 0.29) is 0 Å². The Balaban J connectivity index is 1.38. The van der Waals surface area contributed by atoms with Crippen LogP contribution >= 0.6 is 11.3 Å². The third-order valence-corrected chi connectivity index (χ3v) is 5.76. The van der Waals surface area contributed by atoms with Crippen LogP contribution in [0.25, 0.3) is 21.3 Å². The minimum absolute atomic E-state index is 0.301. The zero-order valence-electron chi connectivity index (χ0n) is 15.4. The highest BCUT2D eigenvalue weighted by Gasteiger charge is 2.14. The van der Waals surface area contributed by atoms with Gasteiger partial charge in [0.15, 0.2) is 11.5 Å². The number of hydrogen-bond acceptors (Lipinski definition) is 6. The van der Waals surface area contributed by atoms with Crippen molar-refractivity contribution in [3.05, 3.63) is 65.3 Å². The van der Waals surface area contributed by atoms with E-state index in [2.05, 4.69) is 57.9 Å². The SMILES string of the molecule is Cc1ccc(-c2csc3ncnc(NCCc4ccc5c(c4)OCO5)c23)cc1. The molecule has 1 N–H and O–H groups in total. The normalized spacial score (nSPS) is 12.5. The quantitative estimate of drug-likeness (QED) is 0.518. The molecule has 0 unspecified atom stereocenters. The number of nitrogens with zero attached hydrogens (tertiary/aromatic N) is 2. The molecule has 28 heavy (non-hydrogen) atoms. The van der Waals surface area contributed by atoms with Gasteiger partial charge in [-0.1, -0.05) is 35.9 Å². The molecule has 0 saturated carbocycles. The Morgan fingerprint density at radius 1 is 1.04 bits per heavy atom. The van der Waals surface area contributed by atoms with E-state index in [1.54, 1.807) is 17.7 Å². The summed E-state index contributed by atoms with van der Waals surface area (Å²) in [5, 5.41) is 6.74. The van der Waals surface area contributed by atoms with Gasteiger partial charge < -0.3 is 14.8 Å². The molecule has 3 heterocycles. The summed E-state index contributed by atoms with van der Waals surface area (Å²) < 4.78 is 10.8. The molecule has 2 aromatic heterocycles. The summed E-state index contributed by atoms with van der Waals surface area (Å²) in [5.74, 6) is 2.51. The number of thiophene rings is 1. The van der Waals surface area contributed by atoms with Crippen molar-refractivity contribution in [1.29, 1.82) is 0 Å². The maximum Gasteiger partial charge on any atom is 0.231 e. The van der Waals surface area contributed by atoms with Gasteiger partial charge in [0, 0.05) is 17.5 Å². The summed E-state index contributed by atoms with van der Waals surface area (Å²) in [4.78, 5) is 9.96. The highest BCUT2D eigenvalue weighted by atomic mass is 32.1. The molecule has 0 spiro atoms. The van der Waals surface area contributed by atoms with Crippen LogP contribution in [0, 0.1) is 6.92 Å². The van der Waals surface area contributed by atoms with E-state index in [0.717, 1.165) is 40.5 Å². The van der Waals surface area contributed by atoms with Crippen molar-refractivity contribution in [1.82, 2.24) is 9.97 Å². The van der Waals surface area contributed by atoms with Crippen molar-refractivity contribution in [2.75, 3.05) is 18.7 Å². The Kier molecular flexibility index (Phi) is 4.33. The maximum atomic E-state index is 5.46. The van der Waals surface area contributed by atoms with Crippen LogP contribution in [0.2, 0.25) is 0 Å². The van der Waals surface area contributed by atoms with Crippen molar-refractivity contribution in [2.45, 2.75) is 13.3 Å². The highest BCUT2D eigenvalue weighted by Crippen LogP contribution is 2.36. The van der Waals surface area contributed by atoms with Gasteiger partial charge in [-0.05, 0) is 36.6 Å². The van der Waals surface area contributed by atoms with E-state index < -0.39 is 0 Å². The lowest BCUT2D eigenvalue weighted by molar-refractivity contribution is 0.174. The molecule has 5 rings (SSSR count). The van der Waals surface area contributed by atoms with Crippen molar-refractivity contribution >= 4 is 27.4 Å². The lowest BCUT2D eigenvalue weighted by atomic mass is 10.0. The Hall–Kier alpha value is -3.12. The van der Waals surface area contributed by atoms with Crippen LogP contribution in [0.1, 0.15) is 11.1 Å². The molecule has 0 saturated heterocycles. The van der Waals surface area contributed by atoms with Gasteiger partial charge in [0.05, 0.1) is 5.39 Å². The Morgan fingerprint density at radius 2 is 1.89 bits per heavy atom. The van der Waals surface area contributed by atoms with Crippen molar-refractivity contribution in [3.63, 3.8) is 0 Å². The van der Waals surface area contributed by atoms with E-state index in [1.165, 1.54) is 22.3 Å². The number of aromatic nitrogens is 2. The molecule has 1 aliphatic rings. The minimum Gasteiger partial charge on any atom is -0.454 e. The van der Waals surface area contributed by atoms with Gasteiger partial charge >= 0.3 is 0 Å². The van der Waals surface area contributed by atoms with Crippen LogP contribution in [0.4, 0.5) is 5.82 Å². The lowest BCUT2D eigenvalue weighted by Gasteiger charge is -2.09. The fourth-order valence-electron chi connectivity index (χ4n) is 3.38. The molecule has 1 aliphatic heterocycles. The first-order valence-electron chi connectivity index (χ1n) is 9.19. The summed E-state index contributed by atoms with van der Waals surface area (Å²) in [6, 6.07) is 14.7. The largest absolute Gasteiger partial charge is 0.454 e. The molecule has 0 atom stereocenters. The Bertz CT molecular complexity index is 1140.